The Morgan fingerprint density at radius 3 is 3.19 bits per heavy atom. The number of aromatic nitrogens is 2. The van der Waals surface area contributed by atoms with Crippen LogP contribution < -0.4 is 5.32 Å². The molecule has 1 aromatic carbocycles. The van der Waals surface area contributed by atoms with Crippen LogP contribution in [0.3, 0.4) is 0 Å². The van der Waals surface area contributed by atoms with Crippen molar-refractivity contribution in [3.05, 3.63) is 30.0 Å². The smallest absolute Gasteiger partial charge is 0.0653 e. The van der Waals surface area contributed by atoms with Crippen molar-refractivity contribution in [1.82, 2.24) is 15.5 Å². The lowest BCUT2D eigenvalue weighted by Crippen LogP contribution is -2.18. The number of hydrogen-bond donors (Lipinski definition) is 3. The maximum Gasteiger partial charge on any atom is 0.0653 e. The molecule has 86 valence electrons. The van der Waals surface area contributed by atoms with Crippen LogP contribution >= 0.6 is 0 Å². The van der Waals surface area contributed by atoms with Crippen molar-refractivity contribution in [2.24, 2.45) is 0 Å². The third-order valence-corrected chi connectivity index (χ3v) is 2.57. The van der Waals surface area contributed by atoms with Gasteiger partial charge in [0.2, 0.25) is 0 Å². The molecule has 2 aromatic rings. The SMILES string of the molecule is CC(O)CCNCc1ccc2cn[nH]c2c1. The van der Waals surface area contributed by atoms with Crippen molar-refractivity contribution in [3.63, 3.8) is 0 Å². The zero-order chi connectivity index (χ0) is 11.4. The molecule has 0 aliphatic rings. The molecule has 0 aliphatic heterocycles. The number of aliphatic hydroxyl groups excluding tert-OH is 1. The monoisotopic (exact) mass is 219 g/mol. The van der Waals surface area contributed by atoms with Crippen molar-refractivity contribution in [2.75, 3.05) is 6.54 Å². The van der Waals surface area contributed by atoms with E-state index in [9.17, 15) is 0 Å². The Balaban J connectivity index is 1.89. The van der Waals surface area contributed by atoms with E-state index >= 15 is 0 Å². The molecule has 1 atom stereocenters. The van der Waals surface area contributed by atoms with Gasteiger partial charge in [-0.2, -0.15) is 5.10 Å². The number of nitrogens with one attached hydrogen (secondary N) is 2. The second-order valence-electron chi connectivity index (χ2n) is 4.11. The highest BCUT2D eigenvalue weighted by molar-refractivity contribution is 5.78. The Bertz CT molecular complexity index is 450. The second kappa shape index (κ2) is 5.09. The number of H-pyrrole nitrogens is 1. The molecule has 16 heavy (non-hydrogen) atoms. The Morgan fingerprint density at radius 1 is 1.50 bits per heavy atom. The average Bonchev–Trinajstić information content (AvgIpc) is 2.71. The van der Waals surface area contributed by atoms with E-state index in [1.165, 1.54) is 5.56 Å². The van der Waals surface area contributed by atoms with Crippen molar-refractivity contribution < 1.29 is 5.11 Å². The van der Waals surface area contributed by atoms with Gasteiger partial charge in [0.1, 0.15) is 0 Å². The molecule has 4 nitrogen and oxygen atoms in total. The predicted molar refractivity (Wildman–Crippen MR) is 64.1 cm³/mol. The first-order valence-corrected chi connectivity index (χ1v) is 5.56. The molecule has 4 heteroatoms. The fraction of sp³-hybridized carbons (Fsp3) is 0.417. The van der Waals surface area contributed by atoms with E-state index in [2.05, 4.69) is 33.7 Å². The van der Waals surface area contributed by atoms with Gasteiger partial charge in [-0.1, -0.05) is 12.1 Å². The number of benzene rings is 1. The number of aliphatic hydroxyl groups is 1. The van der Waals surface area contributed by atoms with Crippen LogP contribution in [-0.2, 0) is 6.54 Å². The normalized spacial score (nSPS) is 13.1. The van der Waals surface area contributed by atoms with Crippen LogP contribution in [0.5, 0.6) is 0 Å². The van der Waals surface area contributed by atoms with E-state index < -0.39 is 0 Å². The van der Waals surface area contributed by atoms with Crippen LogP contribution in [0.1, 0.15) is 18.9 Å². The summed E-state index contributed by atoms with van der Waals surface area (Å²) in [6.07, 6.45) is 2.37. The Labute approximate surface area is 94.7 Å². The van der Waals surface area contributed by atoms with Gasteiger partial charge in [0.05, 0.1) is 17.8 Å². The molecular formula is C12H17N3O. The largest absolute Gasteiger partial charge is 0.393 e. The summed E-state index contributed by atoms with van der Waals surface area (Å²) in [6.45, 7) is 3.46. The maximum absolute atomic E-state index is 9.11. The minimum Gasteiger partial charge on any atom is -0.393 e. The molecule has 1 heterocycles. The predicted octanol–water partition coefficient (Wildman–Crippen LogP) is 1.42. The number of fused-ring (bicyclic) bond motifs is 1. The second-order valence-corrected chi connectivity index (χ2v) is 4.11. The van der Waals surface area contributed by atoms with Gasteiger partial charge in [-0.25, -0.2) is 0 Å². The highest BCUT2D eigenvalue weighted by Crippen LogP contribution is 2.12. The highest BCUT2D eigenvalue weighted by atomic mass is 16.3. The lowest BCUT2D eigenvalue weighted by molar-refractivity contribution is 0.183. The van der Waals surface area contributed by atoms with Crippen LogP contribution in [0.25, 0.3) is 10.9 Å². The van der Waals surface area contributed by atoms with Gasteiger partial charge < -0.3 is 10.4 Å². The molecule has 0 spiro atoms. The van der Waals surface area contributed by atoms with E-state index in [1.807, 2.05) is 6.20 Å². The van der Waals surface area contributed by atoms with E-state index in [0.717, 1.165) is 30.4 Å². The summed E-state index contributed by atoms with van der Waals surface area (Å²) in [4.78, 5) is 0. The zero-order valence-corrected chi connectivity index (χ0v) is 9.40. The van der Waals surface area contributed by atoms with Gasteiger partial charge in [-0.3, -0.25) is 5.10 Å². The quantitative estimate of drug-likeness (QED) is 0.666. The summed E-state index contributed by atoms with van der Waals surface area (Å²) in [7, 11) is 0. The van der Waals surface area contributed by atoms with Crippen molar-refractivity contribution in [3.8, 4) is 0 Å². The molecule has 2 rings (SSSR count). The summed E-state index contributed by atoms with van der Waals surface area (Å²) in [6, 6.07) is 6.25. The first kappa shape index (κ1) is 11.1. The van der Waals surface area contributed by atoms with Gasteiger partial charge in [0.25, 0.3) is 0 Å². The van der Waals surface area contributed by atoms with Crippen LogP contribution in [0, 0.1) is 0 Å². The van der Waals surface area contributed by atoms with Crippen LogP contribution in [-0.4, -0.2) is 28.0 Å². The number of aromatic amines is 1. The fourth-order valence-corrected chi connectivity index (χ4v) is 1.64. The van der Waals surface area contributed by atoms with Gasteiger partial charge in [-0.15, -0.1) is 0 Å². The van der Waals surface area contributed by atoms with Gasteiger partial charge in [0.15, 0.2) is 0 Å². The Morgan fingerprint density at radius 2 is 2.38 bits per heavy atom. The van der Waals surface area contributed by atoms with Crippen molar-refractivity contribution in [1.29, 1.82) is 0 Å². The first-order valence-electron chi connectivity index (χ1n) is 5.56. The third-order valence-electron chi connectivity index (χ3n) is 2.57. The number of nitrogens with zero attached hydrogens (tertiary/aromatic N) is 1. The lowest BCUT2D eigenvalue weighted by Gasteiger charge is -2.06. The minimum absolute atomic E-state index is 0.234. The van der Waals surface area contributed by atoms with Gasteiger partial charge in [0, 0.05) is 11.9 Å². The van der Waals surface area contributed by atoms with E-state index in [-0.39, 0.29) is 6.10 Å². The average molecular weight is 219 g/mol. The highest BCUT2D eigenvalue weighted by Gasteiger charge is 1.98. The summed E-state index contributed by atoms with van der Waals surface area (Å²) in [5.74, 6) is 0. The summed E-state index contributed by atoms with van der Waals surface area (Å²) >= 11 is 0. The Kier molecular flexibility index (Phi) is 3.54. The molecule has 0 saturated carbocycles. The van der Waals surface area contributed by atoms with Gasteiger partial charge in [-0.05, 0) is 31.5 Å². The van der Waals surface area contributed by atoms with Crippen LogP contribution in [0.2, 0.25) is 0 Å². The summed E-state index contributed by atoms with van der Waals surface area (Å²) in [5, 5.41) is 20.5. The Hall–Kier alpha value is -1.39. The molecule has 0 bridgehead atoms. The third kappa shape index (κ3) is 2.81. The molecule has 0 amide bonds. The van der Waals surface area contributed by atoms with E-state index in [1.54, 1.807) is 6.92 Å². The lowest BCUT2D eigenvalue weighted by atomic mass is 10.1. The summed E-state index contributed by atoms with van der Waals surface area (Å²) in [5.41, 5.74) is 2.29. The van der Waals surface area contributed by atoms with Crippen molar-refractivity contribution in [2.45, 2.75) is 26.0 Å². The molecule has 0 fully saturated rings. The standard InChI is InChI=1S/C12H17N3O/c1-9(16)4-5-13-7-10-2-3-11-8-14-15-12(11)6-10/h2-3,6,8-9,13,16H,4-5,7H2,1H3,(H,14,15). The molecular weight excluding hydrogens is 202 g/mol. The van der Waals surface area contributed by atoms with Crippen LogP contribution in [0.15, 0.2) is 24.4 Å². The topological polar surface area (TPSA) is 60.9 Å². The number of rotatable bonds is 5. The van der Waals surface area contributed by atoms with Gasteiger partial charge >= 0.3 is 0 Å². The van der Waals surface area contributed by atoms with E-state index in [4.69, 9.17) is 5.11 Å². The fourth-order valence-electron chi connectivity index (χ4n) is 1.64. The molecule has 1 aromatic heterocycles. The molecule has 0 aliphatic carbocycles. The number of hydrogen-bond acceptors (Lipinski definition) is 3. The first-order chi connectivity index (χ1) is 7.75. The maximum atomic E-state index is 9.11. The molecule has 0 radical (unpaired) electrons. The summed E-state index contributed by atoms with van der Waals surface area (Å²) < 4.78 is 0. The minimum atomic E-state index is -0.234. The zero-order valence-electron chi connectivity index (χ0n) is 9.40. The van der Waals surface area contributed by atoms with E-state index in [0.29, 0.717) is 0 Å². The van der Waals surface area contributed by atoms with Crippen molar-refractivity contribution >= 4 is 10.9 Å². The molecule has 3 N–H and O–H groups in total. The molecule has 1 unspecified atom stereocenters. The molecule has 0 saturated heterocycles. The van der Waals surface area contributed by atoms with Crippen LogP contribution in [0.4, 0.5) is 0 Å².